The molecule has 1 aromatic carbocycles. The van der Waals surface area contributed by atoms with Gasteiger partial charge in [-0.1, -0.05) is 61.7 Å². The van der Waals surface area contributed by atoms with Gasteiger partial charge < -0.3 is 0 Å². The summed E-state index contributed by atoms with van der Waals surface area (Å²) in [4.78, 5) is 2.12. The molecule has 0 aliphatic heterocycles. The summed E-state index contributed by atoms with van der Waals surface area (Å²) in [5.41, 5.74) is 0.880. The molecule has 0 aromatic heterocycles. The van der Waals surface area contributed by atoms with Gasteiger partial charge in [0.1, 0.15) is 0 Å². The molecular weight excluding hydrogens is 297 g/mol. The van der Waals surface area contributed by atoms with Crippen molar-refractivity contribution < 1.29 is 0 Å². The molecule has 0 saturated heterocycles. The smallest absolute Gasteiger partial charge is 0.0955 e. The van der Waals surface area contributed by atoms with Crippen molar-refractivity contribution in [2.24, 2.45) is 0 Å². The van der Waals surface area contributed by atoms with Gasteiger partial charge in [0.05, 0.1) is 6.07 Å². The van der Waals surface area contributed by atoms with E-state index in [9.17, 15) is 5.26 Å². The van der Waals surface area contributed by atoms with Crippen LogP contribution in [0.25, 0.3) is 0 Å². The van der Waals surface area contributed by atoms with Crippen LogP contribution in [0.3, 0.4) is 0 Å². The Morgan fingerprint density at radius 2 is 1.68 bits per heavy atom. The van der Waals surface area contributed by atoms with E-state index >= 15 is 0 Å². The van der Waals surface area contributed by atoms with Gasteiger partial charge in [0, 0.05) is 25.4 Å². The molecule has 0 aliphatic carbocycles. The number of hydrogen-bond donors (Lipinski definition) is 0. The normalized spacial score (nSPS) is 11.9. The zero-order valence-corrected chi connectivity index (χ0v) is 13.5. The highest BCUT2D eigenvalue weighted by Gasteiger charge is 2.09. The molecule has 0 N–H and O–H groups in total. The number of thioether (sulfide) groups is 1. The summed E-state index contributed by atoms with van der Waals surface area (Å²) >= 11 is 13.6. The standard InChI is InChI=1S/C15H17Cl2NS/c1-3-5-11(10-18)15(6-4-2)19-14-8-12(16)7-13(17)9-14/h7-9H,3-6H2,1-2H3/b15-11+. The van der Waals surface area contributed by atoms with Crippen molar-refractivity contribution in [3.05, 3.63) is 38.7 Å². The lowest BCUT2D eigenvalue weighted by Crippen LogP contribution is -1.88. The van der Waals surface area contributed by atoms with Gasteiger partial charge in [0.25, 0.3) is 0 Å². The molecule has 0 fully saturated rings. The summed E-state index contributed by atoms with van der Waals surface area (Å²) < 4.78 is 0. The molecule has 0 aliphatic rings. The van der Waals surface area contributed by atoms with Crippen LogP contribution < -0.4 is 0 Å². The first-order chi connectivity index (χ1) is 9.10. The fourth-order valence-corrected chi connectivity index (χ4v) is 3.62. The number of nitrogens with zero attached hydrogens (tertiary/aromatic N) is 1. The zero-order valence-electron chi connectivity index (χ0n) is 11.2. The van der Waals surface area contributed by atoms with E-state index in [0.717, 1.165) is 41.1 Å². The van der Waals surface area contributed by atoms with Crippen LogP contribution in [0.4, 0.5) is 0 Å². The van der Waals surface area contributed by atoms with Gasteiger partial charge in [-0.25, -0.2) is 0 Å². The molecule has 0 atom stereocenters. The third-order valence-electron chi connectivity index (χ3n) is 2.53. The molecule has 1 aromatic rings. The van der Waals surface area contributed by atoms with E-state index < -0.39 is 0 Å². The molecule has 0 unspecified atom stereocenters. The molecular formula is C15H17Cl2NS. The van der Waals surface area contributed by atoms with Crippen molar-refractivity contribution in [1.82, 2.24) is 0 Å². The number of benzene rings is 1. The first-order valence-corrected chi connectivity index (χ1v) is 7.94. The van der Waals surface area contributed by atoms with Crippen molar-refractivity contribution in [2.45, 2.75) is 44.4 Å². The Labute approximate surface area is 129 Å². The second-order valence-corrected chi connectivity index (χ2v) is 6.26. The number of allylic oxidation sites excluding steroid dienone is 2. The van der Waals surface area contributed by atoms with Gasteiger partial charge in [-0.3, -0.25) is 0 Å². The van der Waals surface area contributed by atoms with E-state index in [0.29, 0.717) is 10.0 Å². The highest BCUT2D eigenvalue weighted by molar-refractivity contribution is 8.03. The number of nitriles is 1. The minimum atomic E-state index is 0.625. The fourth-order valence-electron chi connectivity index (χ4n) is 1.73. The highest BCUT2D eigenvalue weighted by Crippen LogP contribution is 2.36. The van der Waals surface area contributed by atoms with Gasteiger partial charge in [0.2, 0.25) is 0 Å². The maximum atomic E-state index is 9.27. The zero-order chi connectivity index (χ0) is 14.3. The summed E-state index contributed by atoms with van der Waals surface area (Å²) in [5, 5.41) is 10.5. The Morgan fingerprint density at radius 3 is 2.16 bits per heavy atom. The van der Waals surface area contributed by atoms with Crippen LogP contribution in [-0.4, -0.2) is 0 Å². The highest BCUT2D eigenvalue weighted by atomic mass is 35.5. The predicted molar refractivity (Wildman–Crippen MR) is 84.8 cm³/mol. The summed E-state index contributed by atoms with van der Waals surface area (Å²) in [6, 6.07) is 7.81. The fraction of sp³-hybridized carbons (Fsp3) is 0.400. The molecule has 19 heavy (non-hydrogen) atoms. The minimum Gasteiger partial charge on any atom is -0.193 e. The van der Waals surface area contributed by atoms with Crippen molar-refractivity contribution in [2.75, 3.05) is 0 Å². The Morgan fingerprint density at radius 1 is 1.11 bits per heavy atom. The predicted octanol–water partition coefficient (Wildman–Crippen LogP) is 6.46. The SMILES string of the molecule is CCC/C(C#N)=C(/CCC)Sc1cc(Cl)cc(Cl)c1. The topological polar surface area (TPSA) is 23.8 Å². The lowest BCUT2D eigenvalue weighted by Gasteiger charge is -2.10. The summed E-state index contributed by atoms with van der Waals surface area (Å²) in [6.07, 6.45) is 3.74. The lowest BCUT2D eigenvalue weighted by atomic mass is 10.1. The molecule has 0 spiro atoms. The maximum absolute atomic E-state index is 9.27. The third kappa shape index (κ3) is 5.48. The molecule has 1 rings (SSSR count). The van der Waals surface area contributed by atoms with Crippen LogP contribution in [0, 0.1) is 11.3 Å². The van der Waals surface area contributed by atoms with E-state index in [4.69, 9.17) is 23.2 Å². The second-order valence-electron chi connectivity index (χ2n) is 4.22. The second kappa shape index (κ2) is 8.53. The van der Waals surface area contributed by atoms with E-state index in [1.54, 1.807) is 17.8 Å². The quantitative estimate of drug-likeness (QED) is 0.444. The summed E-state index contributed by atoms with van der Waals surface area (Å²) in [6.45, 7) is 4.20. The Balaban J connectivity index is 3.04. The van der Waals surface area contributed by atoms with Gasteiger partial charge >= 0.3 is 0 Å². The molecule has 0 saturated carbocycles. The number of hydrogen-bond acceptors (Lipinski definition) is 2. The van der Waals surface area contributed by atoms with Gasteiger partial charge in [-0.15, -0.1) is 0 Å². The monoisotopic (exact) mass is 313 g/mol. The van der Waals surface area contributed by atoms with Crippen LogP contribution in [0.5, 0.6) is 0 Å². The molecule has 0 bridgehead atoms. The van der Waals surface area contributed by atoms with E-state index in [-0.39, 0.29) is 0 Å². The van der Waals surface area contributed by atoms with Gasteiger partial charge in [-0.05, 0) is 31.0 Å². The molecule has 0 heterocycles. The Hall–Kier alpha value is -0.620. The molecule has 4 heteroatoms. The number of rotatable bonds is 6. The summed E-state index contributed by atoms with van der Waals surface area (Å²) in [5.74, 6) is 0. The van der Waals surface area contributed by atoms with Crippen molar-refractivity contribution in [3.8, 4) is 6.07 Å². The van der Waals surface area contributed by atoms with Crippen molar-refractivity contribution in [1.29, 1.82) is 5.26 Å². The van der Waals surface area contributed by atoms with E-state index in [1.165, 1.54) is 0 Å². The van der Waals surface area contributed by atoms with Crippen molar-refractivity contribution >= 4 is 35.0 Å². The first-order valence-electron chi connectivity index (χ1n) is 6.36. The van der Waals surface area contributed by atoms with Crippen LogP contribution >= 0.6 is 35.0 Å². The van der Waals surface area contributed by atoms with Crippen LogP contribution in [0.2, 0.25) is 10.0 Å². The first kappa shape index (κ1) is 16.4. The third-order valence-corrected chi connectivity index (χ3v) is 4.13. The average Bonchev–Trinajstić information content (AvgIpc) is 2.34. The van der Waals surface area contributed by atoms with Crippen LogP contribution in [-0.2, 0) is 0 Å². The molecule has 102 valence electrons. The minimum absolute atomic E-state index is 0.625. The van der Waals surface area contributed by atoms with Gasteiger partial charge in [0.15, 0.2) is 0 Å². The molecule has 1 nitrogen and oxygen atoms in total. The van der Waals surface area contributed by atoms with Crippen molar-refractivity contribution in [3.63, 3.8) is 0 Å². The largest absolute Gasteiger partial charge is 0.193 e. The average molecular weight is 314 g/mol. The van der Waals surface area contributed by atoms with Crippen LogP contribution in [0.1, 0.15) is 39.5 Å². The summed E-state index contributed by atoms with van der Waals surface area (Å²) in [7, 11) is 0. The maximum Gasteiger partial charge on any atom is 0.0955 e. The Bertz CT molecular complexity index is 483. The van der Waals surface area contributed by atoms with Gasteiger partial charge in [-0.2, -0.15) is 5.26 Å². The van der Waals surface area contributed by atoms with E-state index in [2.05, 4.69) is 19.9 Å². The lowest BCUT2D eigenvalue weighted by molar-refractivity contribution is 0.888. The Kier molecular flexibility index (Phi) is 7.38. The number of halogens is 2. The van der Waals surface area contributed by atoms with E-state index in [1.807, 2.05) is 12.1 Å². The molecule has 0 radical (unpaired) electrons. The van der Waals surface area contributed by atoms with Crippen LogP contribution in [0.15, 0.2) is 33.6 Å². The molecule has 0 amide bonds.